The molecular formula is C18H28N4O. The fourth-order valence-electron chi connectivity index (χ4n) is 3.68. The van der Waals surface area contributed by atoms with E-state index in [4.69, 9.17) is 0 Å². The van der Waals surface area contributed by atoms with Gasteiger partial charge in [-0.05, 0) is 44.6 Å². The van der Waals surface area contributed by atoms with Crippen LogP contribution in [0.1, 0.15) is 24.0 Å². The first-order valence-corrected chi connectivity index (χ1v) is 8.62. The van der Waals surface area contributed by atoms with E-state index in [1.54, 1.807) is 0 Å². The van der Waals surface area contributed by atoms with Gasteiger partial charge >= 0.3 is 6.03 Å². The summed E-state index contributed by atoms with van der Waals surface area (Å²) in [6.45, 7) is 5.46. The lowest BCUT2D eigenvalue weighted by Crippen LogP contribution is -2.54. The lowest BCUT2D eigenvalue weighted by atomic mass is 10.1. The van der Waals surface area contributed by atoms with Crippen LogP contribution in [0.15, 0.2) is 24.3 Å². The van der Waals surface area contributed by atoms with Crippen molar-refractivity contribution in [1.29, 1.82) is 0 Å². The maximum absolute atomic E-state index is 12.5. The first-order valence-electron chi connectivity index (χ1n) is 8.62. The Morgan fingerprint density at radius 1 is 1.22 bits per heavy atom. The first kappa shape index (κ1) is 16.3. The Morgan fingerprint density at radius 2 is 2.00 bits per heavy atom. The van der Waals surface area contributed by atoms with E-state index in [0.717, 1.165) is 26.2 Å². The van der Waals surface area contributed by atoms with E-state index in [2.05, 4.69) is 47.4 Å². The lowest BCUT2D eigenvalue weighted by molar-refractivity contribution is 0.117. The predicted molar refractivity (Wildman–Crippen MR) is 92.2 cm³/mol. The Labute approximate surface area is 139 Å². The SMILES string of the molecule is CN(C)Cc1ccccc1CNC(=O)N1CCN2CCC[C@@H]2C1. The van der Waals surface area contributed by atoms with Gasteiger partial charge in [0.1, 0.15) is 0 Å². The number of nitrogens with one attached hydrogen (secondary N) is 1. The molecule has 2 amide bonds. The van der Waals surface area contributed by atoms with Crippen molar-refractivity contribution in [3.63, 3.8) is 0 Å². The van der Waals surface area contributed by atoms with E-state index in [-0.39, 0.29) is 6.03 Å². The average Bonchev–Trinajstić information content (AvgIpc) is 3.00. The third-order valence-electron chi connectivity index (χ3n) is 4.91. The van der Waals surface area contributed by atoms with Crippen LogP contribution < -0.4 is 5.32 Å². The molecule has 1 N–H and O–H groups in total. The summed E-state index contributed by atoms with van der Waals surface area (Å²) in [7, 11) is 4.13. The number of rotatable bonds is 4. The second-order valence-electron chi connectivity index (χ2n) is 6.94. The molecule has 5 nitrogen and oxygen atoms in total. The van der Waals surface area contributed by atoms with Crippen LogP contribution in [0.2, 0.25) is 0 Å². The molecule has 0 unspecified atom stereocenters. The summed E-state index contributed by atoms with van der Waals surface area (Å²) in [6.07, 6.45) is 2.51. The minimum atomic E-state index is 0.0798. The number of urea groups is 1. The molecule has 1 aromatic rings. The zero-order valence-electron chi connectivity index (χ0n) is 14.3. The summed E-state index contributed by atoms with van der Waals surface area (Å²) >= 11 is 0. The summed E-state index contributed by atoms with van der Waals surface area (Å²) < 4.78 is 0. The maximum atomic E-state index is 12.5. The molecule has 126 valence electrons. The molecule has 0 bridgehead atoms. The molecule has 3 rings (SSSR count). The predicted octanol–water partition coefficient (Wildman–Crippen LogP) is 1.74. The molecule has 2 heterocycles. The Morgan fingerprint density at radius 3 is 2.78 bits per heavy atom. The van der Waals surface area contributed by atoms with E-state index in [1.165, 1.54) is 30.5 Å². The van der Waals surface area contributed by atoms with Gasteiger partial charge in [-0.3, -0.25) is 4.90 Å². The molecule has 0 aliphatic carbocycles. The highest BCUT2D eigenvalue weighted by atomic mass is 16.2. The van der Waals surface area contributed by atoms with Gasteiger partial charge in [-0.15, -0.1) is 0 Å². The van der Waals surface area contributed by atoms with Crippen LogP contribution in [0.4, 0.5) is 4.79 Å². The molecule has 2 aliphatic heterocycles. The van der Waals surface area contributed by atoms with Crippen LogP contribution in [0.25, 0.3) is 0 Å². The third kappa shape index (κ3) is 4.03. The van der Waals surface area contributed by atoms with Gasteiger partial charge in [0.05, 0.1) is 0 Å². The minimum absolute atomic E-state index is 0.0798. The van der Waals surface area contributed by atoms with Gasteiger partial charge in [-0.25, -0.2) is 4.79 Å². The molecule has 1 aromatic carbocycles. The molecule has 0 aromatic heterocycles. The van der Waals surface area contributed by atoms with E-state index >= 15 is 0 Å². The number of nitrogens with zero attached hydrogens (tertiary/aromatic N) is 3. The van der Waals surface area contributed by atoms with Gasteiger partial charge in [0.25, 0.3) is 0 Å². The van der Waals surface area contributed by atoms with Crippen molar-refractivity contribution in [1.82, 2.24) is 20.0 Å². The number of benzene rings is 1. The summed E-state index contributed by atoms with van der Waals surface area (Å²) in [5.74, 6) is 0. The molecule has 0 spiro atoms. The average molecular weight is 316 g/mol. The quantitative estimate of drug-likeness (QED) is 0.919. The highest BCUT2D eigenvalue weighted by Gasteiger charge is 2.32. The Kier molecular flexibility index (Phi) is 5.18. The molecule has 5 heteroatoms. The fraction of sp³-hybridized carbons (Fsp3) is 0.611. The fourth-order valence-corrected chi connectivity index (χ4v) is 3.68. The van der Waals surface area contributed by atoms with Crippen LogP contribution in [0, 0.1) is 0 Å². The van der Waals surface area contributed by atoms with Gasteiger partial charge < -0.3 is 15.1 Å². The van der Waals surface area contributed by atoms with E-state index in [1.807, 2.05) is 11.0 Å². The molecule has 2 saturated heterocycles. The van der Waals surface area contributed by atoms with E-state index in [0.29, 0.717) is 12.6 Å². The van der Waals surface area contributed by atoms with Crippen LogP contribution in [0.5, 0.6) is 0 Å². The molecule has 2 aliphatic rings. The molecule has 0 radical (unpaired) electrons. The molecule has 0 saturated carbocycles. The molecule has 1 atom stereocenters. The highest BCUT2D eigenvalue weighted by Crippen LogP contribution is 2.21. The van der Waals surface area contributed by atoms with Crippen molar-refractivity contribution in [3.8, 4) is 0 Å². The van der Waals surface area contributed by atoms with Gasteiger partial charge in [0.2, 0.25) is 0 Å². The third-order valence-corrected chi connectivity index (χ3v) is 4.91. The van der Waals surface area contributed by atoms with Crippen molar-refractivity contribution in [2.45, 2.75) is 32.0 Å². The Hall–Kier alpha value is -1.59. The van der Waals surface area contributed by atoms with Gasteiger partial charge in [-0.1, -0.05) is 24.3 Å². The van der Waals surface area contributed by atoms with Crippen LogP contribution in [-0.4, -0.2) is 67.0 Å². The molecule has 2 fully saturated rings. The molecule has 23 heavy (non-hydrogen) atoms. The summed E-state index contributed by atoms with van der Waals surface area (Å²) in [6, 6.07) is 9.00. The topological polar surface area (TPSA) is 38.8 Å². The van der Waals surface area contributed by atoms with E-state index < -0.39 is 0 Å². The smallest absolute Gasteiger partial charge is 0.317 e. The second-order valence-corrected chi connectivity index (χ2v) is 6.94. The van der Waals surface area contributed by atoms with Crippen molar-refractivity contribution < 1.29 is 4.79 Å². The first-order chi connectivity index (χ1) is 11.1. The maximum Gasteiger partial charge on any atom is 0.317 e. The van der Waals surface area contributed by atoms with Crippen molar-refractivity contribution in [2.75, 3.05) is 40.3 Å². The van der Waals surface area contributed by atoms with Gasteiger partial charge in [-0.2, -0.15) is 0 Å². The zero-order chi connectivity index (χ0) is 16.2. The normalized spacial score (nSPS) is 21.5. The number of hydrogen-bond acceptors (Lipinski definition) is 3. The number of carbonyl (C=O) groups excluding carboxylic acids is 1. The zero-order valence-corrected chi connectivity index (χ0v) is 14.3. The van der Waals surface area contributed by atoms with Crippen molar-refractivity contribution >= 4 is 6.03 Å². The van der Waals surface area contributed by atoms with Gasteiger partial charge in [0, 0.05) is 38.8 Å². The second kappa shape index (κ2) is 7.32. The Bertz CT molecular complexity index is 546. The largest absolute Gasteiger partial charge is 0.334 e. The number of amides is 2. The highest BCUT2D eigenvalue weighted by molar-refractivity contribution is 5.74. The van der Waals surface area contributed by atoms with Crippen LogP contribution >= 0.6 is 0 Å². The standard InChI is InChI=1S/C18H28N4O/c1-20(2)13-16-7-4-3-6-15(16)12-19-18(23)22-11-10-21-9-5-8-17(21)14-22/h3-4,6-7,17H,5,8-14H2,1-2H3,(H,19,23)/t17-/m1/s1. The summed E-state index contributed by atoms with van der Waals surface area (Å²) in [5, 5.41) is 3.11. The van der Waals surface area contributed by atoms with Gasteiger partial charge in [0.15, 0.2) is 0 Å². The monoisotopic (exact) mass is 316 g/mol. The van der Waals surface area contributed by atoms with E-state index in [9.17, 15) is 4.79 Å². The number of carbonyl (C=O) groups is 1. The lowest BCUT2D eigenvalue weighted by Gasteiger charge is -2.37. The van der Waals surface area contributed by atoms with Crippen LogP contribution in [-0.2, 0) is 13.1 Å². The number of hydrogen-bond donors (Lipinski definition) is 1. The minimum Gasteiger partial charge on any atom is -0.334 e. The summed E-state index contributed by atoms with van der Waals surface area (Å²) in [5.41, 5.74) is 2.48. The van der Waals surface area contributed by atoms with Crippen molar-refractivity contribution in [3.05, 3.63) is 35.4 Å². The number of fused-ring (bicyclic) bond motifs is 1. The Balaban J connectivity index is 1.55. The van der Waals surface area contributed by atoms with Crippen LogP contribution in [0.3, 0.4) is 0 Å². The summed E-state index contributed by atoms with van der Waals surface area (Å²) in [4.78, 5) is 19.1. The number of piperazine rings is 1. The van der Waals surface area contributed by atoms with Crippen molar-refractivity contribution in [2.24, 2.45) is 0 Å². The molecular weight excluding hydrogens is 288 g/mol.